The van der Waals surface area contributed by atoms with Gasteiger partial charge < -0.3 is 15.7 Å². The molecule has 0 aliphatic heterocycles. The van der Waals surface area contributed by atoms with Gasteiger partial charge in [0.15, 0.2) is 0 Å². The number of rotatable bonds is 5. The van der Waals surface area contributed by atoms with E-state index in [-0.39, 0.29) is 0 Å². The SMILES string of the molecule is O=C(C[C@H](O)C(=O)Nc1ccc(F)cc1)Nc1ccc(F)cc1. The Hall–Kier alpha value is -2.80. The largest absolute Gasteiger partial charge is 0.383 e. The minimum atomic E-state index is -1.57. The molecule has 0 saturated carbocycles. The molecule has 0 unspecified atom stereocenters. The number of anilines is 2. The maximum Gasteiger partial charge on any atom is 0.253 e. The van der Waals surface area contributed by atoms with Gasteiger partial charge >= 0.3 is 0 Å². The summed E-state index contributed by atoms with van der Waals surface area (Å²) in [7, 11) is 0. The third-order valence-corrected chi connectivity index (χ3v) is 2.92. The first kappa shape index (κ1) is 16.6. The van der Waals surface area contributed by atoms with Crippen LogP contribution in [0.1, 0.15) is 6.42 Å². The summed E-state index contributed by atoms with van der Waals surface area (Å²) in [5, 5.41) is 14.5. The van der Waals surface area contributed by atoms with Crippen molar-refractivity contribution in [1.29, 1.82) is 0 Å². The minimum Gasteiger partial charge on any atom is -0.383 e. The second-order valence-corrected chi connectivity index (χ2v) is 4.77. The molecule has 0 aliphatic carbocycles. The van der Waals surface area contributed by atoms with Crippen molar-refractivity contribution in [2.75, 3.05) is 10.6 Å². The summed E-state index contributed by atoms with van der Waals surface area (Å²) in [6.07, 6.45) is -2.04. The van der Waals surface area contributed by atoms with Gasteiger partial charge in [-0.2, -0.15) is 0 Å². The zero-order valence-corrected chi connectivity index (χ0v) is 11.9. The van der Waals surface area contributed by atoms with E-state index in [1.165, 1.54) is 36.4 Å². The summed E-state index contributed by atoms with van der Waals surface area (Å²) in [5.41, 5.74) is 0.650. The molecule has 23 heavy (non-hydrogen) atoms. The van der Waals surface area contributed by atoms with E-state index in [9.17, 15) is 23.5 Å². The highest BCUT2D eigenvalue weighted by atomic mass is 19.1. The van der Waals surface area contributed by atoms with Crippen LogP contribution < -0.4 is 10.6 Å². The molecule has 2 amide bonds. The average molecular weight is 320 g/mol. The number of carbonyl (C=O) groups is 2. The fourth-order valence-corrected chi connectivity index (χ4v) is 1.77. The average Bonchev–Trinajstić information content (AvgIpc) is 2.51. The molecule has 0 fully saturated rings. The van der Waals surface area contributed by atoms with Gasteiger partial charge in [0.05, 0.1) is 6.42 Å². The summed E-state index contributed by atoms with van der Waals surface area (Å²) >= 11 is 0. The van der Waals surface area contributed by atoms with Crippen molar-refractivity contribution in [3.05, 3.63) is 60.2 Å². The Kier molecular flexibility index (Phi) is 5.37. The molecule has 0 aliphatic rings. The third kappa shape index (κ3) is 5.15. The lowest BCUT2D eigenvalue weighted by Gasteiger charge is -2.11. The minimum absolute atomic E-state index is 0.300. The monoisotopic (exact) mass is 320 g/mol. The summed E-state index contributed by atoms with van der Waals surface area (Å²) in [5.74, 6) is -2.28. The Morgan fingerprint density at radius 2 is 1.30 bits per heavy atom. The smallest absolute Gasteiger partial charge is 0.253 e. The lowest BCUT2D eigenvalue weighted by molar-refractivity contribution is -0.128. The number of aliphatic hydroxyl groups is 1. The topological polar surface area (TPSA) is 78.4 Å². The Bertz CT molecular complexity index is 687. The standard InChI is InChI=1S/C16H14F2N2O3/c17-10-1-5-12(6-2-10)19-15(22)9-14(21)16(23)20-13-7-3-11(18)4-8-13/h1-8,14,21H,9H2,(H,19,22)(H,20,23)/t14-/m0/s1. The summed E-state index contributed by atoms with van der Waals surface area (Å²) < 4.78 is 25.5. The molecule has 2 rings (SSSR count). The third-order valence-electron chi connectivity index (χ3n) is 2.92. The fourth-order valence-electron chi connectivity index (χ4n) is 1.77. The molecule has 120 valence electrons. The summed E-state index contributed by atoms with van der Waals surface area (Å²) in [6.45, 7) is 0. The highest BCUT2D eigenvalue weighted by molar-refractivity contribution is 5.99. The molecule has 7 heteroatoms. The van der Waals surface area contributed by atoms with Crippen molar-refractivity contribution in [2.45, 2.75) is 12.5 Å². The Labute approximate surface area is 130 Å². The normalized spacial score (nSPS) is 11.6. The fraction of sp³-hybridized carbons (Fsp3) is 0.125. The van der Waals surface area contributed by atoms with Gasteiger partial charge in [-0.3, -0.25) is 9.59 Å². The highest BCUT2D eigenvalue weighted by Gasteiger charge is 2.19. The molecule has 0 spiro atoms. The number of hydrogen-bond donors (Lipinski definition) is 3. The van der Waals surface area contributed by atoms with E-state index in [2.05, 4.69) is 10.6 Å². The number of carbonyl (C=O) groups excluding carboxylic acids is 2. The van der Waals surface area contributed by atoms with Gasteiger partial charge in [-0.05, 0) is 48.5 Å². The van der Waals surface area contributed by atoms with E-state index in [1.807, 2.05) is 0 Å². The predicted octanol–water partition coefficient (Wildman–Crippen LogP) is 2.29. The van der Waals surface area contributed by atoms with Crippen molar-refractivity contribution in [3.63, 3.8) is 0 Å². The summed E-state index contributed by atoms with van der Waals surface area (Å²) in [6, 6.07) is 10.0. The van der Waals surface area contributed by atoms with E-state index in [0.29, 0.717) is 11.4 Å². The van der Waals surface area contributed by atoms with Gasteiger partial charge in [0.1, 0.15) is 17.7 Å². The van der Waals surface area contributed by atoms with Crippen LogP contribution in [-0.2, 0) is 9.59 Å². The molecule has 2 aromatic rings. The second kappa shape index (κ2) is 7.46. The van der Waals surface area contributed by atoms with Crippen molar-refractivity contribution < 1.29 is 23.5 Å². The zero-order valence-electron chi connectivity index (χ0n) is 11.9. The van der Waals surface area contributed by atoms with E-state index in [1.54, 1.807) is 0 Å². The van der Waals surface area contributed by atoms with Crippen LogP contribution in [0, 0.1) is 11.6 Å². The maximum atomic E-state index is 12.7. The van der Waals surface area contributed by atoms with E-state index < -0.39 is 36.0 Å². The Morgan fingerprint density at radius 3 is 1.78 bits per heavy atom. The molecule has 0 saturated heterocycles. The van der Waals surface area contributed by atoms with Crippen LogP contribution in [0.2, 0.25) is 0 Å². The van der Waals surface area contributed by atoms with Crippen LogP contribution in [0.4, 0.5) is 20.2 Å². The number of amides is 2. The van der Waals surface area contributed by atoms with Crippen molar-refractivity contribution in [2.24, 2.45) is 0 Å². The van der Waals surface area contributed by atoms with Crippen molar-refractivity contribution in [1.82, 2.24) is 0 Å². The number of nitrogens with one attached hydrogen (secondary N) is 2. The summed E-state index contributed by atoms with van der Waals surface area (Å²) in [4.78, 5) is 23.5. The first-order chi connectivity index (χ1) is 10.9. The van der Waals surface area contributed by atoms with E-state index in [0.717, 1.165) is 12.1 Å². The molecule has 0 bridgehead atoms. The number of halogens is 2. The van der Waals surface area contributed by atoms with Gasteiger partial charge in [-0.1, -0.05) is 0 Å². The molecular formula is C16H14F2N2O3. The maximum absolute atomic E-state index is 12.7. The molecule has 5 nitrogen and oxygen atoms in total. The molecule has 0 aromatic heterocycles. The van der Waals surface area contributed by atoms with Crippen molar-refractivity contribution in [3.8, 4) is 0 Å². The molecule has 0 radical (unpaired) electrons. The quantitative estimate of drug-likeness (QED) is 0.791. The van der Waals surface area contributed by atoms with Crippen LogP contribution in [0.25, 0.3) is 0 Å². The predicted molar refractivity (Wildman–Crippen MR) is 80.7 cm³/mol. The Balaban J connectivity index is 1.86. The van der Waals surface area contributed by atoms with Crippen LogP contribution in [0.5, 0.6) is 0 Å². The van der Waals surface area contributed by atoms with Gasteiger partial charge in [-0.15, -0.1) is 0 Å². The molecule has 1 atom stereocenters. The highest BCUT2D eigenvalue weighted by Crippen LogP contribution is 2.11. The van der Waals surface area contributed by atoms with Gasteiger partial charge in [0.25, 0.3) is 5.91 Å². The van der Waals surface area contributed by atoms with E-state index in [4.69, 9.17) is 0 Å². The van der Waals surface area contributed by atoms with Crippen LogP contribution >= 0.6 is 0 Å². The van der Waals surface area contributed by atoms with Gasteiger partial charge in [0, 0.05) is 11.4 Å². The van der Waals surface area contributed by atoms with Crippen molar-refractivity contribution >= 4 is 23.2 Å². The number of aliphatic hydroxyl groups excluding tert-OH is 1. The van der Waals surface area contributed by atoms with Crippen LogP contribution in [0.15, 0.2) is 48.5 Å². The van der Waals surface area contributed by atoms with Gasteiger partial charge in [0.2, 0.25) is 5.91 Å². The molecule has 3 N–H and O–H groups in total. The Morgan fingerprint density at radius 1 is 0.870 bits per heavy atom. The van der Waals surface area contributed by atoms with Gasteiger partial charge in [-0.25, -0.2) is 8.78 Å². The van der Waals surface area contributed by atoms with Crippen LogP contribution in [-0.4, -0.2) is 23.0 Å². The number of hydrogen-bond acceptors (Lipinski definition) is 3. The number of benzene rings is 2. The second-order valence-electron chi connectivity index (χ2n) is 4.77. The molecular weight excluding hydrogens is 306 g/mol. The first-order valence-corrected chi connectivity index (χ1v) is 6.74. The molecule has 2 aromatic carbocycles. The van der Waals surface area contributed by atoms with E-state index >= 15 is 0 Å². The lowest BCUT2D eigenvalue weighted by atomic mass is 10.2. The first-order valence-electron chi connectivity index (χ1n) is 6.74. The van der Waals surface area contributed by atoms with Crippen LogP contribution in [0.3, 0.4) is 0 Å². The lowest BCUT2D eigenvalue weighted by Crippen LogP contribution is -2.31. The molecule has 0 heterocycles. The zero-order chi connectivity index (χ0) is 16.8.